The molecule has 19 heavy (non-hydrogen) atoms. The van der Waals surface area contributed by atoms with Gasteiger partial charge < -0.3 is 4.74 Å². The first-order valence-corrected chi connectivity index (χ1v) is 6.65. The fraction of sp³-hybridized carbons (Fsp3) is 0.571. The normalized spacial score (nSPS) is 12.2. The number of unbranched alkanes of at least 4 members (excludes halogenated alkanes) is 1. The molecule has 1 aromatic rings. The van der Waals surface area contributed by atoms with E-state index in [4.69, 9.17) is 4.74 Å². The summed E-state index contributed by atoms with van der Waals surface area (Å²) in [5.74, 6) is -0.0691. The third kappa shape index (κ3) is 4.85. The van der Waals surface area contributed by atoms with Gasteiger partial charge in [-0.05, 0) is 18.4 Å². The molecule has 0 heterocycles. The molecule has 1 unspecified atom stereocenters. The number of benzene rings is 1. The van der Waals surface area contributed by atoms with Crippen molar-refractivity contribution in [1.29, 1.82) is 0 Å². The zero-order chi connectivity index (χ0) is 14.3. The lowest BCUT2D eigenvalue weighted by Crippen LogP contribution is -2.11. The molecule has 0 fully saturated rings. The Morgan fingerprint density at radius 2 is 2.16 bits per heavy atom. The highest BCUT2D eigenvalue weighted by atomic mass is 19.1. The Kier molecular flexibility index (Phi) is 6.25. The van der Waals surface area contributed by atoms with E-state index in [2.05, 4.69) is 13.8 Å². The van der Waals surface area contributed by atoms with E-state index >= 15 is 0 Å². The highest BCUT2D eigenvalue weighted by molar-refractivity contribution is 5.37. The largest absolute Gasteiger partial charge is 0.493 e. The van der Waals surface area contributed by atoms with Gasteiger partial charge in [-0.1, -0.05) is 33.1 Å². The molecule has 0 radical (unpaired) electrons. The van der Waals surface area contributed by atoms with Gasteiger partial charge in [0.2, 0.25) is 5.82 Å². The Morgan fingerprint density at radius 1 is 1.42 bits per heavy atom. The summed E-state index contributed by atoms with van der Waals surface area (Å²) in [6.07, 6.45) is 4.39. The van der Waals surface area contributed by atoms with Gasteiger partial charge in [0, 0.05) is 12.1 Å². The number of nitro groups is 1. The maximum atomic E-state index is 13.4. The van der Waals surface area contributed by atoms with Crippen LogP contribution in [0, 0.1) is 21.8 Å². The van der Waals surface area contributed by atoms with E-state index < -0.39 is 16.4 Å². The first-order valence-electron chi connectivity index (χ1n) is 6.65. The number of hydrogen-bond acceptors (Lipinski definition) is 3. The molecule has 0 amide bonds. The van der Waals surface area contributed by atoms with Crippen LogP contribution < -0.4 is 4.74 Å². The van der Waals surface area contributed by atoms with Crippen LogP contribution >= 0.6 is 0 Å². The van der Waals surface area contributed by atoms with Gasteiger partial charge in [-0.15, -0.1) is 0 Å². The summed E-state index contributed by atoms with van der Waals surface area (Å²) in [6, 6.07) is 3.65. The molecular formula is C14H20FNO3. The number of nitrogens with zero attached hydrogens (tertiary/aromatic N) is 1. The van der Waals surface area contributed by atoms with Crippen molar-refractivity contribution in [1.82, 2.24) is 0 Å². The Balaban J connectivity index is 2.57. The van der Waals surface area contributed by atoms with E-state index in [9.17, 15) is 14.5 Å². The van der Waals surface area contributed by atoms with Crippen molar-refractivity contribution in [2.24, 2.45) is 5.92 Å². The van der Waals surface area contributed by atoms with Crippen molar-refractivity contribution in [3.05, 3.63) is 34.1 Å². The van der Waals surface area contributed by atoms with Crippen molar-refractivity contribution in [3.63, 3.8) is 0 Å². The standard InChI is InChI=1S/C14H20FNO3/c1-3-5-6-11(4-2)10-19-12-7-8-14(16(17)18)13(15)9-12/h7-9,11H,3-6,10H2,1-2H3. The summed E-state index contributed by atoms with van der Waals surface area (Å²) in [5.41, 5.74) is -0.523. The van der Waals surface area contributed by atoms with Crippen LogP contribution in [-0.4, -0.2) is 11.5 Å². The third-order valence-electron chi connectivity index (χ3n) is 3.14. The van der Waals surface area contributed by atoms with Crippen LogP contribution in [-0.2, 0) is 0 Å². The van der Waals surface area contributed by atoms with Crippen molar-refractivity contribution in [3.8, 4) is 5.75 Å². The molecule has 1 atom stereocenters. The molecule has 0 aromatic heterocycles. The molecule has 106 valence electrons. The third-order valence-corrected chi connectivity index (χ3v) is 3.14. The number of rotatable bonds is 8. The quantitative estimate of drug-likeness (QED) is 0.521. The predicted molar refractivity (Wildman–Crippen MR) is 71.9 cm³/mol. The lowest BCUT2D eigenvalue weighted by molar-refractivity contribution is -0.387. The number of nitro benzene ring substituents is 1. The Bertz CT molecular complexity index is 423. The van der Waals surface area contributed by atoms with Crippen LogP contribution in [0.4, 0.5) is 10.1 Å². The molecule has 0 aliphatic heterocycles. The number of halogens is 1. The van der Waals surface area contributed by atoms with Gasteiger partial charge in [0.1, 0.15) is 5.75 Å². The SMILES string of the molecule is CCCCC(CC)COc1ccc([N+](=O)[O-])c(F)c1. The first kappa shape index (κ1) is 15.4. The fourth-order valence-electron chi connectivity index (χ4n) is 1.84. The molecule has 5 heteroatoms. The Hall–Kier alpha value is -1.65. The molecule has 0 spiro atoms. The van der Waals surface area contributed by atoms with Gasteiger partial charge in [0.15, 0.2) is 0 Å². The molecular weight excluding hydrogens is 249 g/mol. The minimum Gasteiger partial charge on any atom is -0.493 e. The van der Waals surface area contributed by atoms with Gasteiger partial charge in [-0.25, -0.2) is 0 Å². The van der Waals surface area contributed by atoms with Crippen molar-refractivity contribution in [2.75, 3.05) is 6.61 Å². The monoisotopic (exact) mass is 269 g/mol. The van der Waals surface area contributed by atoms with Gasteiger partial charge in [-0.2, -0.15) is 4.39 Å². The van der Waals surface area contributed by atoms with Gasteiger partial charge in [0.05, 0.1) is 11.5 Å². The molecule has 0 saturated heterocycles. The molecule has 1 rings (SSSR count). The summed E-state index contributed by atoms with van der Waals surface area (Å²) in [4.78, 5) is 9.75. The maximum Gasteiger partial charge on any atom is 0.305 e. The van der Waals surface area contributed by atoms with Crippen LogP contribution in [0.3, 0.4) is 0 Å². The lowest BCUT2D eigenvalue weighted by Gasteiger charge is -2.15. The average molecular weight is 269 g/mol. The zero-order valence-electron chi connectivity index (χ0n) is 11.4. The van der Waals surface area contributed by atoms with E-state index in [1.54, 1.807) is 0 Å². The van der Waals surface area contributed by atoms with Crippen LogP contribution in [0.15, 0.2) is 18.2 Å². The Labute approximate surface area is 112 Å². The van der Waals surface area contributed by atoms with Crippen LogP contribution in [0.1, 0.15) is 39.5 Å². The highest BCUT2D eigenvalue weighted by Gasteiger charge is 2.15. The second-order valence-corrected chi connectivity index (χ2v) is 4.60. The molecule has 0 aliphatic rings. The van der Waals surface area contributed by atoms with E-state index in [-0.39, 0.29) is 0 Å². The summed E-state index contributed by atoms with van der Waals surface area (Å²) in [7, 11) is 0. The first-order chi connectivity index (χ1) is 9.08. The lowest BCUT2D eigenvalue weighted by atomic mass is 10.0. The van der Waals surface area contributed by atoms with Gasteiger partial charge in [0.25, 0.3) is 0 Å². The van der Waals surface area contributed by atoms with Crippen molar-refractivity contribution >= 4 is 5.69 Å². The second-order valence-electron chi connectivity index (χ2n) is 4.60. The molecule has 0 bridgehead atoms. The van der Waals surface area contributed by atoms with Crippen LogP contribution in [0.2, 0.25) is 0 Å². The maximum absolute atomic E-state index is 13.4. The van der Waals surface area contributed by atoms with E-state index in [0.29, 0.717) is 18.3 Å². The molecule has 4 nitrogen and oxygen atoms in total. The summed E-state index contributed by atoms with van der Waals surface area (Å²) >= 11 is 0. The van der Waals surface area contributed by atoms with E-state index in [1.807, 2.05) is 0 Å². The van der Waals surface area contributed by atoms with Crippen LogP contribution in [0.5, 0.6) is 5.75 Å². The van der Waals surface area contributed by atoms with Gasteiger partial charge >= 0.3 is 5.69 Å². The Morgan fingerprint density at radius 3 is 2.68 bits per heavy atom. The molecule has 1 aromatic carbocycles. The summed E-state index contributed by atoms with van der Waals surface area (Å²) in [6.45, 7) is 4.76. The highest BCUT2D eigenvalue weighted by Crippen LogP contribution is 2.23. The van der Waals surface area contributed by atoms with E-state index in [1.165, 1.54) is 6.07 Å². The smallest absolute Gasteiger partial charge is 0.305 e. The fourth-order valence-corrected chi connectivity index (χ4v) is 1.84. The zero-order valence-corrected chi connectivity index (χ0v) is 11.4. The minimum absolute atomic E-state index is 0.345. The molecule has 0 aliphatic carbocycles. The minimum atomic E-state index is -0.857. The molecule has 0 N–H and O–H groups in total. The summed E-state index contributed by atoms with van der Waals surface area (Å²) < 4.78 is 18.9. The van der Waals surface area contributed by atoms with E-state index in [0.717, 1.165) is 37.8 Å². The second kappa shape index (κ2) is 7.71. The number of ether oxygens (including phenoxy) is 1. The van der Waals surface area contributed by atoms with Gasteiger partial charge in [-0.3, -0.25) is 10.1 Å². The molecule has 0 saturated carbocycles. The summed E-state index contributed by atoms with van der Waals surface area (Å²) in [5, 5.41) is 10.5. The topological polar surface area (TPSA) is 52.4 Å². The van der Waals surface area contributed by atoms with Crippen molar-refractivity contribution in [2.45, 2.75) is 39.5 Å². The predicted octanol–water partition coefficient (Wildman–Crippen LogP) is 4.33. The van der Waals surface area contributed by atoms with Crippen LogP contribution in [0.25, 0.3) is 0 Å². The average Bonchev–Trinajstić information content (AvgIpc) is 2.38. The van der Waals surface area contributed by atoms with Crippen molar-refractivity contribution < 1.29 is 14.1 Å². The number of hydrogen-bond donors (Lipinski definition) is 0.